The van der Waals surface area contributed by atoms with Gasteiger partial charge in [0.25, 0.3) is 0 Å². The minimum absolute atomic E-state index is 0.0968. The van der Waals surface area contributed by atoms with Crippen molar-refractivity contribution in [3.8, 4) is 5.75 Å². The number of amides is 1. The van der Waals surface area contributed by atoms with Gasteiger partial charge in [0.2, 0.25) is 5.91 Å². The predicted molar refractivity (Wildman–Crippen MR) is 119 cm³/mol. The van der Waals surface area contributed by atoms with E-state index in [4.69, 9.17) is 4.74 Å². The predicted octanol–water partition coefficient (Wildman–Crippen LogP) is 3.18. The molecule has 1 amide bonds. The average Bonchev–Trinajstić information content (AvgIpc) is 2.75. The highest BCUT2D eigenvalue weighted by molar-refractivity contribution is 5.81. The van der Waals surface area contributed by atoms with Crippen LogP contribution in [0.25, 0.3) is 0 Å². The number of ether oxygens (including phenoxy) is 1. The van der Waals surface area contributed by atoms with E-state index in [1.807, 2.05) is 31.2 Å². The van der Waals surface area contributed by atoms with E-state index in [1.54, 1.807) is 7.11 Å². The van der Waals surface area contributed by atoms with E-state index in [0.29, 0.717) is 6.54 Å². The number of hydrogen-bond acceptors (Lipinski definition) is 4. The van der Waals surface area contributed by atoms with Gasteiger partial charge < -0.3 is 15.0 Å². The number of carbonyl (C=O) groups excluding carboxylic acids is 1. The zero-order valence-corrected chi connectivity index (χ0v) is 18.1. The molecule has 1 N–H and O–H groups in total. The number of rotatable bonds is 7. The SMILES string of the molecule is COc1ccccc1CCNC(=O)C(C)N1CCN(c2ccc(C)c(C)c2)CC1. The van der Waals surface area contributed by atoms with Crippen LogP contribution in [0.5, 0.6) is 5.75 Å². The molecule has 1 unspecified atom stereocenters. The van der Waals surface area contributed by atoms with Gasteiger partial charge in [0.1, 0.15) is 5.75 Å². The number of anilines is 1. The smallest absolute Gasteiger partial charge is 0.237 e. The maximum Gasteiger partial charge on any atom is 0.237 e. The van der Waals surface area contributed by atoms with Crippen LogP contribution in [0.1, 0.15) is 23.6 Å². The normalized spacial score (nSPS) is 15.8. The summed E-state index contributed by atoms with van der Waals surface area (Å²) >= 11 is 0. The van der Waals surface area contributed by atoms with Crippen LogP contribution in [0.3, 0.4) is 0 Å². The third kappa shape index (κ3) is 5.30. The Balaban J connectivity index is 1.46. The van der Waals surface area contributed by atoms with Crippen molar-refractivity contribution in [2.75, 3.05) is 44.7 Å². The summed E-state index contributed by atoms with van der Waals surface area (Å²) in [5, 5.41) is 3.09. The minimum atomic E-state index is -0.116. The number of aryl methyl sites for hydroxylation is 2. The molecule has 5 nitrogen and oxygen atoms in total. The molecule has 0 aromatic heterocycles. The van der Waals surface area contributed by atoms with Crippen molar-refractivity contribution in [1.82, 2.24) is 10.2 Å². The van der Waals surface area contributed by atoms with E-state index in [0.717, 1.165) is 43.9 Å². The van der Waals surface area contributed by atoms with Crippen LogP contribution < -0.4 is 15.0 Å². The van der Waals surface area contributed by atoms with Crippen molar-refractivity contribution < 1.29 is 9.53 Å². The Bertz CT molecular complexity index is 829. The number of benzene rings is 2. The van der Waals surface area contributed by atoms with Crippen molar-refractivity contribution in [3.05, 3.63) is 59.2 Å². The molecule has 1 atom stereocenters. The van der Waals surface area contributed by atoms with Gasteiger partial charge in [0.05, 0.1) is 13.2 Å². The fourth-order valence-electron chi connectivity index (χ4n) is 3.83. The first-order valence-electron chi connectivity index (χ1n) is 10.5. The first kappa shape index (κ1) is 21.2. The van der Waals surface area contributed by atoms with Gasteiger partial charge in [0.15, 0.2) is 0 Å². The Kier molecular flexibility index (Phi) is 7.15. The van der Waals surface area contributed by atoms with Gasteiger partial charge in [-0.1, -0.05) is 24.3 Å². The lowest BCUT2D eigenvalue weighted by Gasteiger charge is -2.38. The standard InChI is InChI=1S/C24H33N3O2/c1-18-9-10-22(17-19(18)2)27-15-13-26(14-16-27)20(3)24(28)25-12-11-21-7-5-6-8-23(21)29-4/h5-10,17,20H,11-16H2,1-4H3,(H,25,28). The molecule has 1 fully saturated rings. The van der Waals surface area contributed by atoms with E-state index < -0.39 is 0 Å². The molecule has 1 saturated heterocycles. The zero-order chi connectivity index (χ0) is 20.8. The number of hydrogen-bond donors (Lipinski definition) is 1. The van der Waals surface area contributed by atoms with Gasteiger partial charge in [-0.15, -0.1) is 0 Å². The molecule has 1 aliphatic rings. The second-order valence-electron chi connectivity index (χ2n) is 7.82. The second-order valence-corrected chi connectivity index (χ2v) is 7.82. The van der Waals surface area contributed by atoms with E-state index in [1.165, 1.54) is 16.8 Å². The summed E-state index contributed by atoms with van der Waals surface area (Å²) in [6.07, 6.45) is 0.767. The number of nitrogens with zero attached hydrogens (tertiary/aromatic N) is 2. The van der Waals surface area contributed by atoms with Gasteiger partial charge in [0, 0.05) is 38.4 Å². The van der Waals surface area contributed by atoms with Crippen LogP contribution in [0, 0.1) is 13.8 Å². The Morgan fingerprint density at radius 2 is 1.79 bits per heavy atom. The minimum Gasteiger partial charge on any atom is -0.496 e. The van der Waals surface area contributed by atoms with Crippen LogP contribution in [0.4, 0.5) is 5.69 Å². The molecule has 29 heavy (non-hydrogen) atoms. The summed E-state index contributed by atoms with van der Waals surface area (Å²) in [7, 11) is 1.68. The zero-order valence-electron chi connectivity index (χ0n) is 18.1. The molecule has 0 spiro atoms. The quantitative estimate of drug-likeness (QED) is 0.782. The summed E-state index contributed by atoms with van der Waals surface area (Å²) in [4.78, 5) is 17.3. The molecule has 0 aliphatic carbocycles. The van der Waals surface area contributed by atoms with Gasteiger partial charge >= 0.3 is 0 Å². The summed E-state index contributed by atoms with van der Waals surface area (Å²) < 4.78 is 5.38. The summed E-state index contributed by atoms with van der Waals surface area (Å²) in [6, 6.07) is 14.5. The fraction of sp³-hybridized carbons (Fsp3) is 0.458. The van der Waals surface area contributed by atoms with Crippen LogP contribution >= 0.6 is 0 Å². The number of methoxy groups -OCH3 is 1. The van der Waals surface area contributed by atoms with Crippen molar-refractivity contribution in [2.45, 2.75) is 33.2 Å². The second kappa shape index (κ2) is 9.79. The topological polar surface area (TPSA) is 44.8 Å². The molecule has 0 bridgehead atoms. The molecule has 1 aliphatic heterocycles. The summed E-state index contributed by atoms with van der Waals surface area (Å²) in [5.41, 5.74) is 5.05. The molecular weight excluding hydrogens is 362 g/mol. The first-order chi connectivity index (χ1) is 14.0. The van der Waals surface area contributed by atoms with Gasteiger partial charge in [-0.05, 0) is 62.1 Å². The molecule has 2 aromatic rings. The highest BCUT2D eigenvalue weighted by Gasteiger charge is 2.25. The molecule has 0 saturated carbocycles. The lowest BCUT2D eigenvalue weighted by atomic mass is 10.1. The van der Waals surface area contributed by atoms with Crippen LogP contribution in [-0.4, -0.2) is 56.7 Å². The third-order valence-corrected chi connectivity index (χ3v) is 5.98. The van der Waals surface area contributed by atoms with Crippen LogP contribution in [0.2, 0.25) is 0 Å². The summed E-state index contributed by atoms with van der Waals surface area (Å²) in [5.74, 6) is 0.969. The molecule has 0 radical (unpaired) electrons. The van der Waals surface area contributed by atoms with Crippen LogP contribution in [0.15, 0.2) is 42.5 Å². The van der Waals surface area contributed by atoms with E-state index >= 15 is 0 Å². The molecule has 1 heterocycles. The largest absolute Gasteiger partial charge is 0.496 e. The maximum atomic E-state index is 12.6. The molecule has 3 rings (SSSR count). The highest BCUT2D eigenvalue weighted by Crippen LogP contribution is 2.21. The Morgan fingerprint density at radius 3 is 2.48 bits per heavy atom. The summed E-state index contributed by atoms with van der Waals surface area (Å²) in [6.45, 7) is 10.6. The fourth-order valence-corrected chi connectivity index (χ4v) is 3.83. The van der Waals surface area contributed by atoms with Gasteiger partial charge in [-0.25, -0.2) is 0 Å². The van der Waals surface area contributed by atoms with E-state index in [2.05, 4.69) is 47.2 Å². The molecule has 2 aromatic carbocycles. The Labute approximate surface area is 174 Å². The van der Waals surface area contributed by atoms with E-state index in [-0.39, 0.29) is 11.9 Å². The van der Waals surface area contributed by atoms with Crippen molar-refractivity contribution >= 4 is 11.6 Å². The number of piperazine rings is 1. The van der Waals surface area contributed by atoms with Crippen molar-refractivity contribution in [1.29, 1.82) is 0 Å². The van der Waals surface area contributed by atoms with Crippen LogP contribution in [-0.2, 0) is 11.2 Å². The van der Waals surface area contributed by atoms with E-state index in [9.17, 15) is 4.79 Å². The highest BCUT2D eigenvalue weighted by atomic mass is 16.5. The molecule has 156 valence electrons. The Hall–Kier alpha value is -2.53. The lowest BCUT2D eigenvalue weighted by Crippen LogP contribution is -2.54. The van der Waals surface area contributed by atoms with Gasteiger partial charge in [-0.2, -0.15) is 0 Å². The monoisotopic (exact) mass is 395 g/mol. The maximum absolute atomic E-state index is 12.6. The number of nitrogens with one attached hydrogen (secondary N) is 1. The lowest BCUT2D eigenvalue weighted by molar-refractivity contribution is -0.125. The van der Waals surface area contributed by atoms with Gasteiger partial charge in [-0.3, -0.25) is 9.69 Å². The molecular formula is C24H33N3O2. The number of para-hydroxylation sites is 1. The third-order valence-electron chi connectivity index (χ3n) is 5.98. The first-order valence-corrected chi connectivity index (χ1v) is 10.5. The molecule has 5 heteroatoms. The Morgan fingerprint density at radius 1 is 1.07 bits per heavy atom. The average molecular weight is 396 g/mol. The van der Waals surface area contributed by atoms with Crippen molar-refractivity contribution in [2.24, 2.45) is 0 Å². The number of carbonyl (C=O) groups is 1. The van der Waals surface area contributed by atoms with Crippen molar-refractivity contribution in [3.63, 3.8) is 0 Å².